The highest BCUT2D eigenvalue weighted by Crippen LogP contribution is 2.23. The molecule has 0 saturated carbocycles. The van der Waals surface area contributed by atoms with Gasteiger partial charge in [-0.2, -0.15) is 5.10 Å². The van der Waals surface area contributed by atoms with E-state index in [1.165, 1.54) is 0 Å². The summed E-state index contributed by atoms with van der Waals surface area (Å²) in [6.07, 6.45) is 1.72. The number of rotatable bonds is 3. The lowest BCUT2D eigenvalue weighted by Crippen LogP contribution is -2.39. The zero-order chi connectivity index (χ0) is 14.0. The van der Waals surface area contributed by atoms with Crippen LogP contribution >= 0.6 is 0 Å². The third-order valence-corrected chi connectivity index (χ3v) is 3.71. The van der Waals surface area contributed by atoms with Gasteiger partial charge in [0.25, 0.3) is 5.91 Å². The third-order valence-electron chi connectivity index (χ3n) is 3.71. The molecule has 0 aromatic carbocycles. The van der Waals surface area contributed by atoms with Crippen molar-refractivity contribution in [3.05, 3.63) is 17.0 Å². The zero-order valence-electron chi connectivity index (χ0n) is 11.3. The van der Waals surface area contributed by atoms with E-state index in [0.29, 0.717) is 18.7 Å². The topological polar surface area (TPSA) is 86.3 Å². The average Bonchev–Trinajstić information content (AvgIpc) is 2.68. The van der Waals surface area contributed by atoms with Gasteiger partial charge in [0.15, 0.2) is 0 Å². The van der Waals surface area contributed by atoms with Gasteiger partial charge in [-0.1, -0.05) is 0 Å². The number of carbonyl (C=O) groups excluding carboxylic acids is 1. The largest absolute Gasteiger partial charge is 0.481 e. The molecule has 6 nitrogen and oxygen atoms in total. The first-order chi connectivity index (χ1) is 8.99. The highest BCUT2D eigenvalue weighted by molar-refractivity contribution is 5.96. The van der Waals surface area contributed by atoms with Crippen molar-refractivity contribution in [1.29, 1.82) is 0 Å². The second-order valence-electron chi connectivity index (χ2n) is 5.14. The fourth-order valence-electron chi connectivity index (χ4n) is 2.61. The maximum absolute atomic E-state index is 12.4. The van der Waals surface area contributed by atoms with Crippen molar-refractivity contribution in [2.24, 2.45) is 5.92 Å². The molecule has 2 heterocycles. The van der Waals surface area contributed by atoms with Crippen molar-refractivity contribution in [2.45, 2.75) is 33.1 Å². The van der Waals surface area contributed by atoms with Crippen LogP contribution in [0, 0.1) is 19.8 Å². The summed E-state index contributed by atoms with van der Waals surface area (Å²) in [5.74, 6) is -0.572. The maximum atomic E-state index is 12.4. The molecular weight excluding hydrogens is 246 g/mol. The smallest absolute Gasteiger partial charge is 0.303 e. The summed E-state index contributed by atoms with van der Waals surface area (Å²) in [5.41, 5.74) is 2.15. The Morgan fingerprint density at radius 2 is 2.00 bits per heavy atom. The second kappa shape index (κ2) is 5.42. The van der Waals surface area contributed by atoms with E-state index in [2.05, 4.69) is 10.2 Å². The van der Waals surface area contributed by atoms with Gasteiger partial charge in [-0.15, -0.1) is 0 Å². The second-order valence-corrected chi connectivity index (χ2v) is 5.14. The van der Waals surface area contributed by atoms with Crippen LogP contribution in [-0.2, 0) is 4.79 Å². The van der Waals surface area contributed by atoms with Gasteiger partial charge in [0, 0.05) is 25.2 Å². The SMILES string of the molecule is Cc1n[nH]c(C)c1C(=O)N1CCC(CC(=O)O)CC1. The first-order valence-electron chi connectivity index (χ1n) is 6.51. The number of aromatic nitrogens is 2. The average molecular weight is 265 g/mol. The van der Waals surface area contributed by atoms with Gasteiger partial charge in [0.05, 0.1) is 11.3 Å². The summed E-state index contributed by atoms with van der Waals surface area (Å²) >= 11 is 0. The lowest BCUT2D eigenvalue weighted by atomic mass is 9.93. The van der Waals surface area contributed by atoms with E-state index < -0.39 is 5.97 Å². The van der Waals surface area contributed by atoms with Crippen molar-refractivity contribution >= 4 is 11.9 Å². The molecule has 0 bridgehead atoms. The van der Waals surface area contributed by atoms with Crippen molar-refractivity contribution in [2.75, 3.05) is 13.1 Å². The number of carboxylic acids is 1. The van der Waals surface area contributed by atoms with Crippen LogP contribution in [0.15, 0.2) is 0 Å². The lowest BCUT2D eigenvalue weighted by Gasteiger charge is -2.31. The molecule has 2 rings (SSSR count). The summed E-state index contributed by atoms with van der Waals surface area (Å²) in [7, 11) is 0. The number of carboxylic acid groups (broad SMARTS) is 1. The Labute approximate surface area is 111 Å². The molecule has 1 fully saturated rings. The number of aryl methyl sites for hydroxylation is 2. The van der Waals surface area contributed by atoms with Crippen molar-refractivity contribution < 1.29 is 14.7 Å². The number of aromatic amines is 1. The van der Waals surface area contributed by atoms with E-state index >= 15 is 0 Å². The highest BCUT2D eigenvalue weighted by atomic mass is 16.4. The van der Waals surface area contributed by atoms with E-state index in [1.807, 2.05) is 13.8 Å². The predicted molar refractivity (Wildman–Crippen MR) is 68.9 cm³/mol. The highest BCUT2D eigenvalue weighted by Gasteiger charge is 2.27. The van der Waals surface area contributed by atoms with Crippen LogP contribution in [0.3, 0.4) is 0 Å². The molecule has 1 aromatic rings. The first-order valence-corrected chi connectivity index (χ1v) is 6.51. The van der Waals surface area contributed by atoms with E-state index in [0.717, 1.165) is 24.2 Å². The van der Waals surface area contributed by atoms with Crippen LogP contribution in [0.2, 0.25) is 0 Å². The standard InChI is InChI=1S/C13H19N3O3/c1-8-12(9(2)15-14-8)13(19)16-5-3-10(4-6-16)7-11(17)18/h10H,3-7H2,1-2H3,(H,14,15)(H,17,18). The molecule has 1 amide bonds. The monoisotopic (exact) mass is 265 g/mol. The summed E-state index contributed by atoms with van der Waals surface area (Å²) in [4.78, 5) is 24.8. The van der Waals surface area contributed by atoms with Gasteiger partial charge in [-0.05, 0) is 32.6 Å². The number of hydrogen-bond donors (Lipinski definition) is 2. The first kappa shape index (κ1) is 13.6. The molecule has 0 aliphatic carbocycles. The summed E-state index contributed by atoms with van der Waals surface area (Å²) in [6.45, 7) is 4.90. The Hall–Kier alpha value is -1.85. The van der Waals surface area contributed by atoms with Crippen LogP contribution < -0.4 is 0 Å². The molecular formula is C13H19N3O3. The molecule has 1 aliphatic rings. The molecule has 0 atom stereocenters. The Morgan fingerprint density at radius 1 is 1.37 bits per heavy atom. The normalized spacial score (nSPS) is 16.6. The van der Waals surface area contributed by atoms with Crippen LogP contribution in [0.5, 0.6) is 0 Å². The molecule has 2 N–H and O–H groups in total. The van der Waals surface area contributed by atoms with Gasteiger partial charge in [0.2, 0.25) is 0 Å². The van der Waals surface area contributed by atoms with E-state index in [4.69, 9.17) is 5.11 Å². The van der Waals surface area contributed by atoms with Crippen molar-refractivity contribution in [3.8, 4) is 0 Å². The summed E-state index contributed by atoms with van der Waals surface area (Å²) in [5, 5.41) is 15.6. The number of carbonyl (C=O) groups is 2. The maximum Gasteiger partial charge on any atom is 0.303 e. The molecule has 0 spiro atoms. The van der Waals surface area contributed by atoms with E-state index in [-0.39, 0.29) is 18.2 Å². The van der Waals surface area contributed by atoms with Gasteiger partial charge >= 0.3 is 5.97 Å². The number of aliphatic carboxylic acids is 1. The molecule has 19 heavy (non-hydrogen) atoms. The Kier molecular flexibility index (Phi) is 3.87. The number of nitrogens with zero attached hydrogens (tertiary/aromatic N) is 2. The predicted octanol–water partition coefficient (Wildman–Crippen LogP) is 1.35. The number of piperidine rings is 1. The molecule has 1 aromatic heterocycles. The molecule has 104 valence electrons. The van der Waals surface area contributed by atoms with Crippen molar-refractivity contribution in [1.82, 2.24) is 15.1 Å². The minimum atomic E-state index is -0.758. The molecule has 1 saturated heterocycles. The molecule has 1 aliphatic heterocycles. The van der Waals surface area contributed by atoms with Gasteiger partial charge in [-0.25, -0.2) is 0 Å². The minimum Gasteiger partial charge on any atom is -0.481 e. The fraction of sp³-hybridized carbons (Fsp3) is 0.615. The number of amides is 1. The Balaban J connectivity index is 1.98. The van der Waals surface area contributed by atoms with Crippen LogP contribution in [0.4, 0.5) is 0 Å². The summed E-state index contributed by atoms with van der Waals surface area (Å²) in [6, 6.07) is 0. The lowest BCUT2D eigenvalue weighted by molar-refractivity contribution is -0.138. The Bertz CT molecular complexity index is 468. The number of H-pyrrole nitrogens is 1. The van der Waals surface area contributed by atoms with E-state index in [1.54, 1.807) is 4.90 Å². The van der Waals surface area contributed by atoms with Gasteiger partial charge in [0.1, 0.15) is 0 Å². The number of likely N-dealkylation sites (tertiary alicyclic amines) is 1. The van der Waals surface area contributed by atoms with Crippen LogP contribution in [0.1, 0.15) is 41.0 Å². The minimum absolute atomic E-state index is 0.00229. The quantitative estimate of drug-likeness (QED) is 0.863. The van der Waals surface area contributed by atoms with Gasteiger partial charge in [-0.3, -0.25) is 14.7 Å². The molecule has 6 heteroatoms. The zero-order valence-corrected chi connectivity index (χ0v) is 11.3. The molecule has 0 unspecified atom stereocenters. The number of hydrogen-bond acceptors (Lipinski definition) is 3. The third kappa shape index (κ3) is 2.94. The fourth-order valence-corrected chi connectivity index (χ4v) is 2.61. The molecule has 0 radical (unpaired) electrons. The van der Waals surface area contributed by atoms with Crippen LogP contribution in [0.25, 0.3) is 0 Å². The van der Waals surface area contributed by atoms with Crippen molar-refractivity contribution in [3.63, 3.8) is 0 Å². The summed E-state index contributed by atoms with van der Waals surface area (Å²) < 4.78 is 0. The van der Waals surface area contributed by atoms with Gasteiger partial charge < -0.3 is 10.0 Å². The van der Waals surface area contributed by atoms with E-state index in [9.17, 15) is 9.59 Å². The Morgan fingerprint density at radius 3 is 2.47 bits per heavy atom. The van der Waals surface area contributed by atoms with Crippen LogP contribution in [-0.4, -0.2) is 45.2 Å². The number of nitrogens with one attached hydrogen (secondary N) is 1.